The third-order valence-corrected chi connectivity index (χ3v) is 5.13. The van der Waals surface area contributed by atoms with E-state index in [2.05, 4.69) is 32.8 Å². The largest absolute Gasteiger partial charge is 0.357 e. The number of benzene rings is 1. The third kappa shape index (κ3) is 7.68. The molecular formula is C21H34ClN5O. The van der Waals surface area contributed by atoms with Gasteiger partial charge in [-0.15, -0.1) is 0 Å². The van der Waals surface area contributed by atoms with Gasteiger partial charge < -0.3 is 20.9 Å². The molecule has 7 heteroatoms. The Kier molecular flexibility index (Phi) is 9.58. The van der Waals surface area contributed by atoms with Gasteiger partial charge in [0.1, 0.15) is 0 Å². The molecule has 1 aromatic rings. The number of nitrogens with zero attached hydrogens (tertiary/aromatic N) is 2. The maximum absolute atomic E-state index is 12.2. The smallest absolute Gasteiger partial charge is 0.226 e. The molecule has 1 heterocycles. The van der Waals surface area contributed by atoms with Gasteiger partial charge in [0.15, 0.2) is 5.96 Å². The number of piperidine rings is 1. The van der Waals surface area contributed by atoms with Crippen molar-refractivity contribution in [3.63, 3.8) is 0 Å². The van der Waals surface area contributed by atoms with Gasteiger partial charge in [0, 0.05) is 32.1 Å². The molecule has 0 unspecified atom stereocenters. The molecule has 1 aliphatic rings. The van der Waals surface area contributed by atoms with Crippen LogP contribution >= 0.6 is 11.6 Å². The zero-order valence-electron chi connectivity index (χ0n) is 17.4. The number of amides is 1. The Morgan fingerprint density at radius 3 is 2.68 bits per heavy atom. The van der Waals surface area contributed by atoms with E-state index in [-0.39, 0.29) is 5.91 Å². The van der Waals surface area contributed by atoms with Crippen LogP contribution < -0.4 is 16.0 Å². The summed E-state index contributed by atoms with van der Waals surface area (Å²) in [5.74, 6) is 0.704. The molecule has 0 bridgehead atoms. The molecule has 1 amide bonds. The topological polar surface area (TPSA) is 68.8 Å². The second-order valence-electron chi connectivity index (χ2n) is 7.30. The van der Waals surface area contributed by atoms with E-state index in [1.165, 1.54) is 13.0 Å². The first-order chi connectivity index (χ1) is 13.5. The average Bonchev–Trinajstić information content (AvgIpc) is 2.66. The molecule has 0 aliphatic carbocycles. The second-order valence-corrected chi connectivity index (χ2v) is 7.71. The summed E-state index contributed by atoms with van der Waals surface area (Å²) in [6, 6.07) is 6.04. The highest BCUT2D eigenvalue weighted by molar-refractivity contribution is 6.33. The Morgan fingerprint density at radius 2 is 2.04 bits per heavy atom. The van der Waals surface area contributed by atoms with E-state index in [0.717, 1.165) is 44.0 Å². The van der Waals surface area contributed by atoms with E-state index in [1.807, 2.05) is 32.0 Å². The molecule has 0 saturated carbocycles. The van der Waals surface area contributed by atoms with Crippen molar-refractivity contribution in [3.05, 3.63) is 28.8 Å². The molecular weight excluding hydrogens is 374 g/mol. The number of aryl methyl sites for hydroxylation is 1. The minimum absolute atomic E-state index is 0.0850. The van der Waals surface area contributed by atoms with E-state index in [9.17, 15) is 4.79 Å². The van der Waals surface area contributed by atoms with Crippen molar-refractivity contribution in [3.8, 4) is 0 Å². The van der Waals surface area contributed by atoms with Gasteiger partial charge in [0.05, 0.1) is 17.3 Å². The molecule has 1 aliphatic heterocycles. The van der Waals surface area contributed by atoms with Crippen LogP contribution in [0, 0.1) is 6.92 Å². The molecule has 1 saturated heterocycles. The lowest BCUT2D eigenvalue weighted by Gasteiger charge is -2.32. The standard InChI is InChI=1S/C21H34ClN5O/c1-4-12-27-13-9-17(10-14-27)25-21(23-5-2)24-11-8-20(28)26-19-7-6-16(3)15-18(19)22/h6-7,15,17H,4-5,8-14H2,1-3H3,(H,26,28)(H2,23,24,25). The molecule has 0 radical (unpaired) electrons. The summed E-state index contributed by atoms with van der Waals surface area (Å²) >= 11 is 6.17. The summed E-state index contributed by atoms with van der Waals surface area (Å²) in [7, 11) is 0. The summed E-state index contributed by atoms with van der Waals surface area (Å²) < 4.78 is 0. The van der Waals surface area contributed by atoms with Crippen LogP contribution in [0.3, 0.4) is 0 Å². The van der Waals surface area contributed by atoms with E-state index in [4.69, 9.17) is 11.6 Å². The number of halogens is 1. The summed E-state index contributed by atoms with van der Waals surface area (Å²) in [6.07, 6.45) is 3.77. The van der Waals surface area contributed by atoms with E-state index >= 15 is 0 Å². The van der Waals surface area contributed by atoms with Crippen molar-refractivity contribution in [2.75, 3.05) is 38.0 Å². The molecule has 1 fully saturated rings. The molecule has 2 rings (SSSR count). The van der Waals surface area contributed by atoms with Gasteiger partial charge in [-0.1, -0.05) is 24.6 Å². The first kappa shape index (κ1) is 22.5. The number of aliphatic imine (C=N–C) groups is 1. The van der Waals surface area contributed by atoms with Crippen LogP contribution in [0.1, 0.15) is 45.1 Å². The predicted octanol–water partition coefficient (Wildman–Crippen LogP) is 3.41. The van der Waals surface area contributed by atoms with Gasteiger partial charge in [-0.05, 0) is 57.4 Å². The van der Waals surface area contributed by atoms with Crippen molar-refractivity contribution >= 4 is 29.2 Å². The third-order valence-electron chi connectivity index (χ3n) is 4.82. The predicted molar refractivity (Wildman–Crippen MR) is 118 cm³/mol. The van der Waals surface area contributed by atoms with Crippen LogP contribution in [-0.4, -0.2) is 55.5 Å². The number of nitrogens with one attached hydrogen (secondary N) is 3. The first-order valence-electron chi connectivity index (χ1n) is 10.3. The number of guanidine groups is 1. The van der Waals surface area contributed by atoms with Gasteiger partial charge in [0.25, 0.3) is 0 Å². The van der Waals surface area contributed by atoms with Crippen LogP contribution in [0.2, 0.25) is 5.02 Å². The van der Waals surface area contributed by atoms with Gasteiger partial charge in [0.2, 0.25) is 5.91 Å². The van der Waals surface area contributed by atoms with Gasteiger partial charge in [-0.25, -0.2) is 0 Å². The molecule has 0 atom stereocenters. The number of hydrogen-bond donors (Lipinski definition) is 3. The Morgan fingerprint density at radius 1 is 1.29 bits per heavy atom. The summed E-state index contributed by atoms with van der Waals surface area (Å²) in [4.78, 5) is 19.3. The molecule has 1 aromatic carbocycles. The van der Waals surface area contributed by atoms with Crippen molar-refractivity contribution < 1.29 is 4.79 Å². The molecule has 156 valence electrons. The van der Waals surface area contributed by atoms with Crippen LogP contribution in [0.25, 0.3) is 0 Å². The Hall–Kier alpha value is -1.79. The Balaban J connectivity index is 1.79. The lowest BCUT2D eigenvalue weighted by Crippen LogP contribution is -2.48. The van der Waals surface area contributed by atoms with E-state index in [0.29, 0.717) is 29.7 Å². The van der Waals surface area contributed by atoms with Crippen molar-refractivity contribution in [1.29, 1.82) is 0 Å². The molecule has 6 nitrogen and oxygen atoms in total. The molecule has 0 spiro atoms. The zero-order valence-corrected chi connectivity index (χ0v) is 18.1. The van der Waals surface area contributed by atoms with Crippen LogP contribution in [0.5, 0.6) is 0 Å². The minimum Gasteiger partial charge on any atom is -0.357 e. The van der Waals surface area contributed by atoms with Gasteiger partial charge in [-0.3, -0.25) is 9.79 Å². The molecule has 3 N–H and O–H groups in total. The van der Waals surface area contributed by atoms with Crippen LogP contribution in [-0.2, 0) is 4.79 Å². The SMILES string of the molecule is CCCN1CCC(NC(=NCCC(=O)Nc2ccc(C)cc2Cl)NCC)CC1. The van der Waals surface area contributed by atoms with Crippen molar-refractivity contribution in [1.82, 2.24) is 15.5 Å². The van der Waals surface area contributed by atoms with Crippen LogP contribution in [0.4, 0.5) is 5.69 Å². The summed E-state index contributed by atoms with van der Waals surface area (Å²) in [5.41, 5.74) is 1.71. The lowest BCUT2D eigenvalue weighted by molar-refractivity contribution is -0.116. The highest BCUT2D eigenvalue weighted by atomic mass is 35.5. The highest BCUT2D eigenvalue weighted by Gasteiger charge is 2.19. The number of carbonyl (C=O) groups is 1. The number of rotatable bonds is 8. The molecule has 0 aromatic heterocycles. The Labute approximate surface area is 174 Å². The summed E-state index contributed by atoms with van der Waals surface area (Å²) in [5, 5.41) is 10.2. The highest BCUT2D eigenvalue weighted by Crippen LogP contribution is 2.22. The fraction of sp³-hybridized carbons (Fsp3) is 0.619. The summed E-state index contributed by atoms with van der Waals surface area (Å²) in [6.45, 7) is 10.9. The second kappa shape index (κ2) is 11.9. The zero-order chi connectivity index (χ0) is 20.4. The normalized spacial score (nSPS) is 16.1. The van der Waals surface area contributed by atoms with Crippen molar-refractivity contribution in [2.45, 2.75) is 52.5 Å². The lowest BCUT2D eigenvalue weighted by atomic mass is 10.1. The number of likely N-dealkylation sites (tertiary alicyclic amines) is 1. The Bertz CT molecular complexity index is 656. The van der Waals surface area contributed by atoms with Gasteiger partial charge >= 0.3 is 0 Å². The fourth-order valence-corrected chi connectivity index (χ4v) is 3.62. The average molecular weight is 408 g/mol. The number of anilines is 1. The van der Waals surface area contributed by atoms with Crippen molar-refractivity contribution in [2.24, 2.45) is 4.99 Å². The maximum atomic E-state index is 12.2. The number of carbonyl (C=O) groups excluding carboxylic acids is 1. The van der Waals surface area contributed by atoms with Gasteiger partial charge in [-0.2, -0.15) is 0 Å². The fourth-order valence-electron chi connectivity index (χ4n) is 3.33. The monoisotopic (exact) mass is 407 g/mol. The number of hydrogen-bond acceptors (Lipinski definition) is 3. The maximum Gasteiger partial charge on any atom is 0.226 e. The molecule has 28 heavy (non-hydrogen) atoms. The minimum atomic E-state index is -0.0850. The van der Waals surface area contributed by atoms with Crippen LogP contribution in [0.15, 0.2) is 23.2 Å². The van der Waals surface area contributed by atoms with E-state index in [1.54, 1.807) is 0 Å². The quantitative estimate of drug-likeness (QED) is 0.456. The first-order valence-corrected chi connectivity index (χ1v) is 10.7. The van der Waals surface area contributed by atoms with E-state index < -0.39 is 0 Å².